The first-order chi connectivity index (χ1) is 5.65. The summed E-state index contributed by atoms with van der Waals surface area (Å²) in [6, 6.07) is 1.48. The zero-order valence-corrected chi connectivity index (χ0v) is 6.92. The van der Waals surface area contributed by atoms with Crippen molar-refractivity contribution in [1.29, 1.82) is 0 Å². The van der Waals surface area contributed by atoms with E-state index in [9.17, 15) is 8.78 Å². The molecule has 0 N–H and O–H groups in total. The number of rotatable bonds is 3. The van der Waals surface area contributed by atoms with E-state index in [1.165, 1.54) is 6.07 Å². The van der Waals surface area contributed by atoms with Gasteiger partial charge in [0, 0.05) is 6.07 Å². The Hall–Kier alpha value is -1.13. The second kappa shape index (κ2) is 3.51. The molecule has 0 fully saturated rings. The van der Waals surface area contributed by atoms with Gasteiger partial charge in [-0.05, 0) is 13.8 Å². The van der Waals surface area contributed by atoms with Crippen molar-refractivity contribution >= 4 is 0 Å². The summed E-state index contributed by atoms with van der Waals surface area (Å²) in [5.74, 6) is 0.116. The molecule has 0 atom stereocenters. The van der Waals surface area contributed by atoms with Crippen molar-refractivity contribution in [3.05, 3.63) is 11.8 Å². The predicted octanol–water partition coefficient (Wildman–Crippen LogP) is 1.99. The van der Waals surface area contributed by atoms with E-state index < -0.39 is 6.55 Å². The topological polar surface area (TPSA) is 27.1 Å². The van der Waals surface area contributed by atoms with Gasteiger partial charge in [-0.2, -0.15) is 18.6 Å². The Bertz CT molecular complexity index is 260. The van der Waals surface area contributed by atoms with Gasteiger partial charge in [-0.25, -0.2) is 0 Å². The number of aryl methyl sites for hydroxylation is 1. The Morgan fingerprint density at radius 1 is 1.67 bits per heavy atom. The Balaban J connectivity index is 2.92. The summed E-state index contributed by atoms with van der Waals surface area (Å²) in [5.41, 5.74) is 0.527. The first-order valence-electron chi connectivity index (χ1n) is 3.62. The van der Waals surface area contributed by atoms with Crippen LogP contribution in [0, 0.1) is 6.92 Å². The van der Waals surface area contributed by atoms with Gasteiger partial charge in [0.05, 0.1) is 12.3 Å². The summed E-state index contributed by atoms with van der Waals surface area (Å²) < 4.78 is 29.9. The first kappa shape index (κ1) is 8.96. The molecular weight excluding hydrogens is 166 g/mol. The van der Waals surface area contributed by atoms with Crippen LogP contribution in [0.3, 0.4) is 0 Å². The molecule has 0 aliphatic rings. The molecule has 1 heterocycles. The molecule has 1 aromatic rings. The lowest BCUT2D eigenvalue weighted by molar-refractivity contribution is 0.0457. The van der Waals surface area contributed by atoms with Gasteiger partial charge in [-0.3, -0.25) is 0 Å². The van der Waals surface area contributed by atoms with Gasteiger partial charge in [0.2, 0.25) is 5.88 Å². The lowest BCUT2D eigenvalue weighted by Crippen LogP contribution is -2.05. The minimum Gasteiger partial charge on any atom is -0.478 e. The maximum atomic E-state index is 12.2. The number of aromatic nitrogens is 2. The van der Waals surface area contributed by atoms with Gasteiger partial charge in [-0.15, -0.1) is 0 Å². The molecule has 3 nitrogen and oxygen atoms in total. The second-order valence-corrected chi connectivity index (χ2v) is 2.28. The molecule has 0 bridgehead atoms. The smallest absolute Gasteiger partial charge is 0.336 e. The molecule has 0 saturated heterocycles. The fourth-order valence-corrected chi connectivity index (χ4v) is 0.888. The van der Waals surface area contributed by atoms with E-state index in [4.69, 9.17) is 4.74 Å². The van der Waals surface area contributed by atoms with Crippen molar-refractivity contribution in [2.24, 2.45) is 0 Å². The largest absolute Gasteiger partial charge is 0.478 e. The zero-order valence-electron chi connectivity index (χ0n) is 6.92. The van der Waals surface area contributed by atoms with Gasteiger partial charge < -0.3 is 4.74 Å². The molecule has 68 valence electrons. The van der Waals surface area contributed by atoms with Crippen molar-refractivity contribution < 1.29 is 13.5 Å². The molecule has 0 radical (unpaired) electrons. The van der Waals surface area contributed by atoms with Crippen LogP contribution in [0.5, 0.6) is 5.88 Å². The van der Waals surface area contributed by atoms with E-state index in [2.05, 4.69) is 5.10 Å². The number of halogens is 2. The standard InChI is InChI=1S/C7H10F2N2O/c1-3-12-6-4-5(2)10-11(6)7(8)9/h4,7H,3H2,1-2H3. The Kier molecular flexibility index (Phi) is 2.62. The molecule has 0 saturated carbocycles. The molecule has 0 aliphatic carbocycles. The number of alkyl halides is 2. The summed E-state index contributed by atoms with van der Waals surface area (Å²) in [6.07, 6.45) is 0. The summed E-state index contributed by atoms with van der Waals surface area (Å²) in [4.78, 5) is 0. The Labute approximate surface area is 68.9 Å². The molecule has 0 aromatic carbocycles. The highest BCUT2D eigenvalue weighted by Gasteiger charge is 2.13. The second-order valence-electron chi connectivity index (χ2n) is 2.28. The van der Waals surface area contributed by atoms with Crippen LogP contribution in [-0.2, 0) is 0 Å². The molecule has 12 heavy (non-hydrogen) atoms. The van der Waals surface area contributed by atoms with E-state index >= 15 is 0 Å². The summed E-state index contributed by atoms with van der Waals surface area (Å²) in [5, 5.41) is 3.57. The molecule has 0 amide bonds. The van der Waals surface area contributed by atoms with Gasteiger partial charge in [0.15, 0.2) is 0 Å². The number of ether oxygens (including phenoxy) is 1. The highest BCUT2D eigenvalue weighted by molar-refractivity contribution is 5.14. The molecular formula is C7H10F2N2O. The van der Waals surface area contributed by atoms with Crippen molar-refractivity contribution in [2.75, 3.05) is 6.61 Å². The normalized spacial score (nSPS) is 10.8. The molecule has 1 aromatic heterocycles. The summed E-state index contributed by atoms with van der Waals surface area (Å²) >= 11 is 0. The molecule has 0 aliphatic heterocycles. The summed E-state index contributed by atoms with van der Waals surface area (Å²) in [6.45, 7) is 1.09. The average Bonchev–Trinajstić information content (AvgIpc) is 2.32. The maximum absolute atomic E-state index is 12.2. The van der Waals surface area contributed by atoms with Crippen molar-refractivity contribution in [1.82, 2.24) is 9.78 Å². The first-order valence-corrected chi connectivity index (χ1v) is 3.62. The van der Waals surface area contributed by atoms with Gasteiger partial charge in [0.1, 0.15) is 0 Å². The van der Waals surface area contributed by atoms with E-state index in [0.29, 0.717) is 17.0 Å². The average molecular weight is 176 g/mol. The Morgan fingerprint density at radius 3 is 2.83 bits per heavy atom. The monoisotopic (exact) mass is 176 g/mol. The van der Waals surface area contributed by atoms with Crippen molar-refractivity contribution in [3.63, 3.8) is 0 Å². The van der Waals surface area contributed by atoms with Crippen LogP contribution in [0.15, 0.2) is 6.07 Å². The third-order valence-corrected chi connectivity index (χ3v) is 1.30. The molecule has 0 unspecified atom stereocenters. The van der Waals surface area contributed by atoms with E-state index in [1.807, 2.05) is 0 Å². The lowest BCUT2D eigenvalue weighted by Gasteiger charge is -2.04. The SMILES string of the molecule is CCOc1cc(C)nn1C(F)F. The minimum atomic E-state index is -2.64. The minimum absolute atomic E-state index is 0.116. The Morgan fingerprint density at radius 2 is 2.33 bits per heavy atom. The summed E-state index contributed by atoms with van der Waals surface area (Å²) in [7, 11) is 0. The molecule has 1 rings (SSSR count). The van der Waals surface area contributed by atoms with Crippen LogP contribution >= 0.6 is 0 Å². The maximum Gasteiger partial charge on any atom is 0.336 e. The van der Waals surface area contributed by atoms with Crippen molar-refractivity contribution in [3.8, 4) is 5.88 Å². The zero-order chi connectivity index (χ0) is 9.14. The molecule has 0 spiro atoms. The van der Waals surface area contributed by atoms with Gasteiger partial charge in [0.25, 0.3) is 0 Å². The van der Waals surface area contributed by atoms with Crippen LogP contribution in [-0.4, -0.2) is 16.4 Å². The highest BCUT2D eigenvalue weighted by atomic mass is 19.3. The van der Waals surface area contributed by atoms with Crippen molar-refractivity contribution in [2.45, 2.75) is 20.4 Å². The van der Waals surface area contributed by atoms with E-state index in [1.54, 1.807) is 13.8 Å². The van der Waals surface area contributed by atoms with Gasteiger partial charge in [-0.1, -0.05) is 0 Å². The van der Waals surface area contributed by atoms with Crippen LogP contribution < -0.4 is 4.74 Å². The highest BCUT2D eigenvalue weighted by Crippen LogP contribution is 2.20. The molecule has 5 heteroatoms. The fourth-order valence-electron chi connectivity index (χ4n) is 0.888. The van der Waals surface area contributed by atoms with Crippen LogP contribution in [0.4, 0.5) is 8.78 Å². The predicted molar refractivity (Wildman–Crippen MR) is 39.4 cm³/mol. The quantitative estimate of drug-likeness (QED) is 0.704. The third kappa shape index (κ3) is 1.72. The number of nitrogens with zero attached hydrogens (tertiary/aromatic N) is 2. The van der Waals surface area contributed by atoms with E-state index in [-0.39, 0.29) is 5.88 Å². The number of hydrogen-bond donors (Lipinski definition) is 0. The van der Waals surface area contributed by atoms with E-state index in [0.717, 1.165) is 0 Å². The van der Waals surface area contributed by atoms with Crippen LogP contribution in [0.2, 0.25) is 0 Å². The van der Waals surface area contributed by atoms with Crippen LogP contribution in [0.25, 0.3) is 0 Å². The fraction of sp³-hybridized carbons (Fsp3) is 0.571. The number of hydrogen-bond acceptors (Lipinski definition) is 2. The third-order valence-electron chi connectivity index (χ3n) is 1.30. The van der Waals surface area contributed by atoms with Gasteiger partial charge >= 0.3 is 6.55 Å². The van der Waals surface area contributed by atoms with Crippen LogP contribution in [0.1, 0.15) is 19.2 Å². The lowest BCUT2D eigenvalue weighted by atomic mass is 10.5.